The van der Waals surface area contributed by atoms with E-state index in [1.54, 1.807) is 7.11 Å². The van der Waals surface area contributed by atoms with Crippen molar-refractivity contribution < 1.29 is 14.3 Å². The normalized spacial score (nSPS) is 19.3. The Bertz CT molecular complexity index is 963. The number of benzene rings is 2. The second kappa shape index (κ2) is 10.4. The summed E-state index contributed by atoms with van der Waals surface area (Å²) < 4.78 is 5.23. The number of unbranched alkanes of at least 4 members (excludes halogenated alkanes) is 1. The number of fused-ring (bicyclic) bond motifs is 1. The summed E-state index contributed by atoms with van der Waals surface area (Å²) in [5.74, 6) is 0.659. The van der Waals surface area contributed by atoms with Gasteiger partial charge in [0.25, 0.3) is 5.91 Å². The third kappa shape index (κ3) is 4.64. The number of nitrogens with zero attached hydrogens (tertiary/aromatic N) is 1. The maximum absolute atomic E-state index is 13.8. The average molecular weight is 449 g/mol. The third-order valence-corrected chi connectivity index (χ3v) is 7.41. The molecule has 0 unspecified atom stereocenters. The Kier molecular flexibility index (Phi) is 7.36. The molecule has 1 atom stereocenters. The fraction of sp³-hybridized carbons (Fsp3) is 0.500. The van der Waals surface area contributed by atoms with Crippen LogP contribution in [0.25, 0.3) is 0 Å². The minimum absolute atomic E-state index is 0.0480. The minimum atomic E-state index is -0.414. The molecule has 0 radical (unpaired) electrons. The van der Waals surface area contributed by atoms with Crippen LogP contribution in [0.15, 0.2) is 48.5 Å². The highest BCUT2D eigenvalue weighted by Gasteiger charge is 2.54. The summed E-state index contributed by atoms with van der Waals surface area (Å²) in [6, 6.07) is 15.7. The van der Waals surface area contributed by atoms with Crippen molar-refractivity contribution in [3.8, 4) is 5.75 Å². The van der Waals surface area contributed by atoms with E-state index in [0.717, 1.165) is 68.4 Å². The van der Waals surface area contributed by atoms with Gasteiger partial charge in [0, 0.05) is 18.7 Å². The lowest BCUT2D eigenvalue weighted by Crippen LogP contribution is -2.62. The Morgan fingerprint density at radius 1 is 1.09 bits per heavy atom. The van der Waals surface area contributed by atoms with Gasteiger partial charge in [0.2, 0.25) is 5.91 Å². The summed E-state index contributed by atoms with van der Waals surface area (Å²) in [6.45, 7) is 3.45. The molecule has 1 aliphatic heterocycles. The Morgan fingerprint density at radius 3 is 2.52 bits per heavy atom. The molecule has 0 bridgehead atoms. The van der Waals surface area contributed by atoms with Gasteiger partial charge in [-0.15, -0.1) is 0 Å². The number of hydrogen-bond acceptors (Lipinski definition) is 3. The van der Waals surface area contributed by atoms with E-state index in [0.29, 0.717) is 12.1 Å². The number of hydrogen-bond donors (Lipinski definition) is 1. The minimum Gasteiger partial charge on any atom is -0.497 e. The molecule has 1 N–H and O–H groups in total. The molecule has 1 spiro atoms. The van der Waals surface area contributed by atoms with E-state index in [1.165, 1.54) is 6.42 Å². The van der Waals surface area contributed by atoms with Gasteiger partial charge in [-0.3, -0.25) is 9.59 Å². The molecule has 176 valence electrons. The lowest BCUT2D eigenvalue weighted by Gasteiger charge is -2.53. The largest absolute Gasteiger partial charge is 0.497 e. The molecule has 33 heavy (non-hydrogen) atoms. The number of amides is 2. The van der Waals surface area contributed by atoms with Crippen LogP contribution >= 0.6 is 0 Å². The zero-order valence-corrected chi connectivity index (χ0v) is 19.9. The van der Waals surface area contributed by atoms with Gasteiger partial charge in [-0.25, -0.2) is 0 Å². The van der Waals surface area contributed by atoms with Crippen molar-refractivity contribution in [2.24, 2.45) is 0 Å². The van der Waals surface area contributed by atoms with Gasteiger partial charge in [-0.2, -0.15) is 0 Å². The zero-order valence-electron chi connectivity index (χ0n) is 19.9. The molecule has 1 heterocycles. The number of rotatable bonds is 8. The molecule has 0 aromatic heterocycles. The Hall–Kier alpha value is -2.82. The molecule has 1 fully saturated rings. The topological polar surface area (TPSA) is 58.6 Å². The van der Waals surface area contributed by atoms with Crippen molar-refractivity contribution in [2.45, 2.75) is 69.7 Å². The number of ether oxygens (including phenoxy) is 1. The smallest absolute Gasteiger partial charge is 0.254 e. The van der Waals surface area contributed by atoms with E-state index in [4.69, 9.17) is 4.74 Å². The first-order chi connectivity index (χ1) is 16.1. The highest BCUT2D eigenvalue weighted by Crippen LogP contribution is 2.49. The first kappa shape index (κ1) is 23.3. The molecule has 4 rings (SSSR count). The van der Waals surface area contributed by atoms with E-state index in [2.05, 4.69) is 17.1 Å². The quantitative estimate of drug-likeness (QED) is 0.611. The monoisotopic (exact) mass is 448 g/mol. The van der Waals surface area contributed by atoms with Gasteiger partial charge in [-0.1, -0.05) is 62.9 Å². The fourth-order valence-electron chi connectivity index (χ4n) is 5.71. The standard InChI is InChI=1S/C28H36N2O3/c1-3-4-20-30-27(32)24-11-7-6-10-23(24)25(28(30)17-8-5-9-18-28)26(31)29-19-16-21-12-14-22(33-2)15-13-21/h6-7,10-15,25H,3-5,8-9,16-20H2,1-2H3,(H,29,31)/t25-/m1/s1. The lowest BCUT2D eigenvalue weighted by atomic mass is 9.65. The maximum Gasteiger partial charge on any atom is 0.254 e. The predicted octanol–water partition coefficient (Wildman–Crippen LogP) is 5.10. The molecule has 2 aromatic carbocycles. The van der Waals surface area contributed by atoms with Gasteiger partial charge in [-0.05, 0) is 55.0 Å². The summed E-state index contributed by atoms with van der Waals surface area (Å²) >= 11 is 0. The summed E-state index contributed by atoms with van der Waals surface area (Å²) in [5.41, 5.74) is 2.34. The van der Waals surface area contributed by atoms with Gasteiger partial charge in [0.1, 0.15) is 5.75 Å². The second-order valence-corrected chi connectivity index (χ2v) is 9.38. The molecule has 2 aliphatic rings. The molecule has 1 aliphatic carbocycles. The van der Waals surface area contributed by atoms with Gasteiger partial charge in [0.05, 0.1) is 18.6 Å². The van der Waals surface area contributed by atoms with E-state index in [1.807, 2.05) is 48.5 Å². The Morgan fingerprint density at radius 2 is 1.82 bits per heavy atom. The van der Waals surface area contributed by atoms with Crippen molar-refractivity contribution in [3.63, 3.8) is 0 Å². The van der Waals surface area contributed by atoms with Gasteiger partial charge in [0.15, 0.2) is 0 Å². The van der Waals surface area contributed by atoms with Crippen molar-refractivity contribution in [1.82, 2.24) is 10.2 Å². The average Bonchev–Trinajstić information content (AvgIpc) is 2.85. The molecule has 1 saturated carbocycles. The van der Waals surface area contributed by atoms with Crippen molar-refractivity contribution in [1.29, 1.82) is 0 Å². The molecule has 0 saturated heterocycles. The highest BCUT2D eigenvalue weighted by molar-refractivity contribution is 6.02. The first-order valence-corrected chi connectivity index (χ1v) is 12.4. The van der Waals surface area contributed by atoms with Crippen LogP contribution in [0.4, 0.5) is 0 Å². The molecule has 2 amide bonds. The van der Waals surface area contributed by atoms with Crippen LogP contribution in [0.1, 0.15) is 79.3 Å². The summed E-state index contributed by atoms with van der Waals surface area (Å²) in [4.78, 5) is 29.5. The number of carbonyl (C=O) groups is 2. The number of methoxy groups -OCH3 is 1. The van der Waals surface area contributed by atoms with Crippen LogP contribution in [0, 0.1) is 0 Å². The highest BCUT2D eigenvalue weighted by atomic mass is 16.5. The predicted molar refractivity (Wildman–Crippen MR) is 131 cm³/mol. The maximum atomic E-state index is 13.8. The SMILES string of the molecule is CCCCN1C(=O)c2ccccc2[C@H](C(=O)NCCc2ccc(OC)cc2)C12CCCCC2. The molecule has 5 nitrogen and oxygen atoms in total. The fourth-order valence-corrected chi connectivity index (χ4v) is 5.71. The van der Waals surface area contributed by atoms with Crippen LogP contribution in [-0.4, -0.2) is 42.5 Å². The van der Waals surface area contributed by atoms with Crippen molar-refractivity contribution in [2.75, 3.05) is 20.2 Å². The van der Waals surface area contributed by atoms with Gasteiger partial charge < -0.3 is 15.0 Å². The number of carbonyl (C=O) groups excluding carboxylic acids is 2. The van der Waals surface area contributed by atoms with E-state index in [9.17, 15) is 9.59 Å². The molecular formula is C28H36N2O3. The lowest BCUT2D eigenvalue weighted by molar-refractivity contribution is -0.127. The molecular weight excluding hydrogens is 412 g/mol. The van der Waals surface area contributed by atoms with Gasteiger partial charge >= 0.3 is 0 Å². The summed E-state index contributed by atoms with van der Waals surface area (Å²) in [6.07, 6.45) is 7.84. The van der Waals surface area contributed by atoms with Crippen molar-refractivity contribution >= 4 is 11.8 Å². The van der Waals surface area contributed by atoms with Crippen LogP contribution in [0.2, 0.25) is 0 Å². The van der Waals surface area contributed by atoms with Crippen LogP contribution < -0.4 is 10.1 Å². The molecule has 5 heteroatoms. The third-order valence-electron chi connectivity index (χ3n) is 7.41. The second-order valence-electron chi connectivity index (χ2n) is 9.38. The van der Waals surface area contributed by atoms with Crippen LogP contribution in [0.3, 0.4) is 0 Å². The van der Waals surface area contributed by atoms with E-state index < -0.39 is 5.54 Å². The molecule has 2 aromatic rings. The first-order valence-electron chi connectivity index (χ1n) is 12.4. The number of nitrogens with one attached hydrogen (secondary N) is 1. The van der Waals surface area contributed by atoms with Crippen LogP contribution in [-0.2, 0) is 11.2 Å². The van der Waals surface area contributed by atoms with Crippen LogP contribution in [0.5, 0.6) is 5.75 Å². The Labute approximate surface area is 197 Å². The zero-order chi connectivity index (χ0) is 23.3. The Balaban J connectivity index is 1.60. The van der Waals surface area contributed by atoms with E-state index >= 15 is 0 Å². The van der Waals surface area contributed by atoms with E-state index in [-0.39, 0.29) is 17.7 Å². The summed E-state index contributed by atoms with van der Waals surface area (Å²) in [7, 11) is 1.66. The van der Waals surface area contributed by atoms with Crippen molar-refractivity contribution in [3.05, 3.63) is 65.2 Å². The summed E-state index contributed by atoms with van der Waals surface area (Å²) in [5, 5.41) is 3.23.